The lowest BCUT2D eigenvalue weighted by Crippen LogP contribution is -2.55. The Bertz CT molecular complexity index is 406. The highest BCUT2D eigenvalue weighted by Crippen LogP contribution is 2.23. The van der Waals surface area contributed by atoms with Crippen molar-refractivity contribution in [2.45, 2.75) is 24.8 Å². The minimum Gasteiger partial charge on any atom is -0.479 e. The van der Waals surface area contributed by atoms with E-state index in [4.69, 9.17) is 5.11 Å². The van der Waals surface area contributed by atoms with Crippen molar-refractivity contribution < 1.29 is 23.4 Å². The summed E-state index contributed by atoms with van der Waals surface area (Å²) in [6.45, 7) is 3.06. The molecule has 2 unspecified atom stereocenters. The molecular formula is C10H19NO5S2. The third kappa shape index (κ3) is 3.59. The Balaban J connectivity index is 2.88. The van der Waals surface area contributed by atoms with Gasteiger partial charge >= 0.3 is 5.97 Å². The van der Waals surface area contributed by atoms with Crippen molar-refractivity contribution in [2.24, 2.45) is 0 Å². The van der Waals surface area contributed by atoms with Crippen molar-refractivity contribution in [3.63, 3.8) is 0 Å². The van der Waals surface area contributed by atoms with Gasteiger partial charge in [-0.15, -0.1) is 0 Å². The number of carboxylic acid groups (broad SMARTS) is 1. The molecule has 0 amide bonds. The number of thioether (sulfide) groups is 1. The molecule has 1 saturated heterocycles. The zero-order valence-electron chi connectivity index (χ0n) is 10.5. The Morgan fingerprint density at radius 3 is 2.67 bits per heavy atom. The molecule has 0 aromatic carbocycles. The SMILES string of the molecule is CCS(=O)(=O)C1CSCCN1CC(C)(O)C(=O)O. The van der Waals surface area contributed by atoms with Crippen LogP contribution in [0.5, 0.6) is 0 Å². The highest BCUT2D eigenvalue weighted by molar-refractivity contribution is 8.01. The average molecular weight is 297 g/mol. The van der Waals surface area contributed by atoms with Gasteiger partial charge in [0.05, 0.1) is 0 Å². The normalized spacial score (nSPS) is 25.6. The molecule has 0 saturated carbocycles. The number of carboxylic acids is 1. The first-order valence-electron chi connectivity index (χ1n) is 5.70. The molecule has 0 spiro atoms. The Morgan fingerprint density at radius 2 is 2.17 bits per heavy atom. The standard InChI is InChI=1S/C10H19NO5S2/c1-3-18(15,16)8-6-17-5-4-11(8)7-10(2,14)9(12)13/h8,14H,3-7H2,1-2H3,(H,12,13). The second-order valence-electron chi connectivity index (χ2n) is 4.53. The molecule has 18 heavy (non-hydrogen) atoms. The molecule has 8 heteroatoms. The van der Waals surface area contributed by atoms with E-state index in [2.05, 4.69) is 0 Å². The highest BCUT2D eigenvalue weighted by Gasteiger charge is 2.39. The Labute approximate surface area is 111 Å². The van der Waals surface area contributed by atoms with Gasteiger partial charge in [-0.05, 0) is 6.92 Å². The van der Waals surface area contributed by atoms with Gasteiger partial charge in [-0.1, -0.05) is 6.92 Å². The van der Waals surface area contributed by atoms with Crippen molar-refractivity contribution in [1.82, 2.24) is 4.90 Å². The van der Waals surface area contributed by atoms with Gasteiger partial charge in [-0.3, -0.25) is 4.90 Å². The Morgan fingerprint density at radius 1 is 1.56 bits per heavy atom. The summed E-state index contributed by atoms with van der Waals surface area (Å²) in [5, 5.41) is 17.9. The second-order valence-corrected chi connectivity index (χ2v) is 8.13. The summed E-state index contributed by atoms with van der Waals surface area (Å²) >= 11 is 1.53. The van der Waals surface area contributed by atoms with Gasteiger partial charge in [-0.25, -0.2) is 13.2 Å². The van der Waals surface area contributed by atoms with Crippen LogP contribution in [0.1, 0.15) is 13.8 Å². The summed E-state index contributed by atoms with van der Waals surface area (Å²) in [7, 11) is -3.27. The van der Waals surface area contributed by atoms with Crippen molar-refractivity contribution in [3.8, 4) is 0 Å². The van der Waals surface area contributed by atoms with E-state index >= 15 is 0 Å². The van der Waals surface area contributed by atoms with Crippen LogP contribution in [0.15, 0.2) is 0 Å². The zero-order valence-corrected chi connectivity index (χ0v) is 12.1. The molecule has 1 rings (SSSR count). The van der Waals surface area contributed by atoms with E-state index in [1.807, 2.05) is 0 Å². The largest absolute Gasteiger partial charge is 0.479 e. The molecule has 1 fully saturated rings. The number of β-amino-alcohol motifs (C(OH)–C–C–N with tert-alkyl or cyclic N) is 1. The average Bonchev–Trinajstić information content (AvgIpc) is 2.29. The van der Waals surface area contributed by atoms with Gasteiger partial charge in [0.2, 0.25) is 0 Å². The number of rotatable bonds is 5. The number of aliphatic carboxylic acids is 1. The zero-order chi connectivity index (χ0) is 14.0. The summed E-state index contributed by atoms with van der Waals surface area (Å²) < 4.78 is 23.9. The van der Waals surface area contributed by atoms with Crippen LogP contribution in [0.2, 0.25) is 0 Å². The third-order valence-corrected chi connectivity index (χ3v) is 6.31. The van der Waals surface area contributed by atoms with Gasteiger partial charge in [0.15, 0.2) is 15.4 Å². The van der Waals surface area contributed by atoms with Crippen LogP contribution in [0, 0.1) is 0 Å². The lowest BCUT2D eigenvalue weighted by atomic mass is 10.1. The summed E-state index contributed by atoms with van der Waals surface area (Å²) in [5.74, 6) is -0.158. The topological polar surface area (TPSA) is 94.9 Å². The fraction of sp³-hybridized carbons (Fsp3) is 0.900. The molecule has 1 aliphatic heterocycles. The fourth-order valence-electron chi connectivity index (χ4n) is 1.78. The minimum absolute atomic E-state index is 0.0178. The first kappa shape index (κ1) is 15.7. The second kappa shape index (κ2) is 5.77. The maximum atomic E-state index is 11.9. The number of hydrogen-bond acceptors (Lipinski definition) is 6. The molecule has 1 aliphatic rings. The van der Waals surface area contributed by atoms with Crippen LogP contribution >= 0.6 is 11.8 Å². The van der Waals surface area contributed by atoms with E-state index in [1.54, 1.807) is 11.8 Å². The third-order valence-electron chi connectivity index (χ3n) is 2.98. The Kier molecular flexibility index (Phi) is 5.05. The van der Waals surface area contributed by atoms with E-state index in [1.165, 1.54) is 18.7 Å². The van der Waals surface area contributed by atoms with Crippen molar-refractivity contribution in [1.29, 1.82) is 0 Å². The number of sulfone groups is 1. The summed E-state index contributed by atoms with van der Waals surface area (Å²) in [4.78, 5) is 12.4. The van der Waals surface area contributed by atoms with Gasteiger partial charge in [-0.2, -0.15) is 11.8 Å². The molecule has 2 N–H and O–H groups in total. The van der Waals surface area contributed by atoms with Crippen LogP contribution in [0.4, 0.5) is 0 Å². The summed E-state index contributed by atoms with van der Waals surface area (Å²) in [6.07, 6.45) is 0. The highest BCUT2D eigenvalue weighted by atomic mass is 32.2. The predicted octanol–water partition coefficient (Wildman–Crippen LogP) is -0.368. The van der Waals surface area contributed by atoms with E-state index in [0.717, 1.165) is 5.75 Å². The minimum atomic E-state index is -3.27. The van der Waals surface area contributed by atoms with Crippen LogP contribution in [0.25, 0.3) is 0 Å². The molecule has 1 heterocycles. The van der Waals surface area contributed by atoms with Crippen LogP contribution in [-0.4, -0.2) is 70.8 Å². The van der Waals surface area contributed by atoms with Crippen LogP contribution < -0.4 is 0 Å². The summed E-state index contributed by atoms with van der Waals surface area (Å²) in [6, 6.07) is 0. The fourth-order valence-corrected chi connectivity index (χ4v) is 4.86. The van der Waals surface area contributed by atoms with Gasteiger partial charge in [0.25, 0.3) is 0 Å². The molecule has 0 aromatic heterocycles. The lowest BCUT2D eigenvalue weighted by Gasteiger charge is -2.37. The smallest absolute Gasteiger partial charge is 0.336 e. The number of hydrogen-bond donors (Lipinski definition) is 2. The van der Waals surface area contributed by atoms with Crippen molar-refractivity contribution in [3.05, 3.63) is 0 Å². The monoisotopic (exact) mass is 297 g/mol. The molecule has 6 nitrogen and oxygen atoms in total. The molecule has 0 bridgehead atoms. The van der Waals surface area contributed by atoms with Crippen molar-refractivity contribution >= 4 is 27.6 Å². The number of carbonyl (C=O) groups is 1. The quantitative estimate of drug-likeness (QED) is 0.715. The lowest BCUT2D eigenvalue weighted by molar-refractivity contribution is -0.158. The molecule has 2 atom stereocenters. The van der Waals surface area contributed by atoms with Gasteiger partial charge in [0.1, 0.15) is 5.37 Å². The molecular weight excluding hydrogens is 278 g/mol. The summed E-state index contributed by atoms with van der Waals surface area (Å²) in [5.41, 5.74) is -1.93. The van der Waals surface area contributed by atoms with Crippen LogP contribution in [0.3, 0.4) is 0 Å². The molecule has 0 aromatic rings. The first-order chi connectivity index (χ1) is 8.20. The maximum Gasteiger partial charge on any atom is 0.336 e. The number of nitrogens with zero attached hydrogens (tertiary/aromatic N) is 1. The van der Waals surface area contributed by atoms with Crippen molar-refractivity contribution in [2.75, 3.05) is 30.3 Å². The number of aliphatic hydroxyl groups is 1. The molecule has 106 valence electrons. The maximum absolute atomic E-state index is 11.9. The van der Waals surface area contributed by atoms with E-state index in [-0.39, 0.29) is 12.3 Å². The molecule has 0 aliphatic carbocycles. The predicted molar refractivity (Wildman–Crippen MR) is 70.4 cm³/mol. The van der Waals surface area contributed by atoms with Gasteiger partial charge in [0, 0.05) is 30.3 Å². The van der Waals surface area contributed by atoms with E-state index in [0.29, 0.717) is 12.3 Å². The first-order valence-corrected chi connectivity index (χ1v) is 8.57. The van der Waals surface area contributed by atoms with Gasteiger partial charge < -0.3 is 10.2 Å². The van der Waals surface area contributed by atoms with Crippen LogP contribution in [-0.2, 0) is 14.6 Å². The van der Waals surface area contributed by atoms with E-state index in [9.17, 15) is 18.3 Å². The Hall–Kier alpha value is -0.310. The molecule has 0 radical (unpaired) electrons. The van der Waals surface area contributed by atoms with E-state index < -0.39 is 26.8 Å².